The second-order valence-electron chi connectivity index (χ2n) is 18.0. The third-order valence-electron chi connectivity index (χ3n) is 15.5. The first-order chi connectivity index (χ1) is 27.4. The molecule has 8 heteroatoms. The van der Waals surface area contributed by atoms with E-state index >= 15 is 4.79 Å². The van der Waals surface area contributed by atoms with Gasteiger partial charge in [0.25, 0.3) is 0 Å². The second kappa shape index (κ2) is 14.1. The van der Waals surface area contributed by atoms with E-state index in [0.29, 0.717) is 42.8 Å². The zero-order valence-electron chi connectivity index (χ0n) is 33.2. The van der Waals surface area contributed by atoms with Crippen molar-refractivity contribution in [2.75, 3.05) is 25.5 Å². The van der Waals surface area contributed by atoms with Gasteiger partial charge < -0.3 is 25.2 Å². The van der Waals surface area contributed by atoms with Crippen LogP contribution in [0.4, 0.5) is 10.5 Å². The highest BCUT2D eigenvalue weighted by molar-refractivity contribution is 7.09. The number of allylic oxidation sites excluding steroid dienone is 4. The summed E-state index contributed by atoms with van der Waals surface area (Å²) in [5.74, 6) is 0.919. The molecule has 2 spiro atoms. The number of rotatable bonds is 10. The Balaban J connectivity index is 1.07. The second-order valence-corrected chi connectivity index (χ2v) is 19.0. The Morgan fingerprint density at radius 2 is 1.54 bits per heavy atom. The molecule has 4 aromatic rings. The minimum Gasteiger partial charge on any atom is -0.497 e. The molecule has 0 aliphatic heterocycles. The number of nitrogens with zero attached hydrogens (tertiary/aromatic N) is 1. The molecule has 1 heterocycles. The van der Waals surface area contributed by atoms with Crippen LogP contribution in [0.1, 0.15) is 74.0 Å². The van der Waals surface area contributed by atoms with Crippen molar-refractivity contribution >= 4 is 28.8 Å². The zero-order valence-corrected chi connectivity index (χ0v) is 34.1. The van der Waals surface area contributed by atoms with Crippen LogP contribution in [-0.4, -0.2) is 58.8 Å². The van der Waals surface area contributed by atoms with Crippen LogP contribution in [0.15, 0.2) is 120 Å². The maximum Gasteiger partial charge on any atom is 0.321 e. The molecule has 3 aromatic carbocycles. The normalized spacial score (nSPS) is 33.4. The first-order valence-electron chi connectivity index (χ1n) is 20.7. The summed E-state index contributed by atoms with van der Waals surface area (Å²) in [6, 6.07) is 29.4. The minimum atomic E-state index is -1.18. The highest BCUT2D eigenvalue weighted by Gasteiger charge is 2.74. The molecule has 2 bridgehead atoms. The van der Waals surface area contributed by atoms with Crippen molar-refractivity contribution in [3.8, 4) is 16.9 Å². The highest BCUT2D eigenvalue weighted by atomic mass is 32.1. The number of fused-ring (bicyclic) bond motifs is 1. The van der Waals surface area contributed by atoms with Gasteiger partial charge >= 0.3 is 6.03 Å². The Hall–Kier alpha value is -4.50. The Morgan fingerprint density at radius 3 is 2.26 bits per heavy atom. The average molecular weight is 783 g/mol. The van der Waals surface area contributed by atoms with Gasteiger partial charge in [0.1, 0.15) is 5.75 Å². The topological polar surface area (TPSA) is 99.1 Å². The number of thiophene rings is 1. The molecule has 57 heavy (non-hydrogen) atoms. The van der Waals surface area contributed by atoms with Crippen LogP contribution in [0.5, 0.6) is 5.75 Å². The van der Waals surface area contributed by atoms with Gasteiger partial charge in [-0.15, -0.1) is 11.3 Å². The smallest absolute Gasteiger partial charge is 0.321 e. The van der Waals surface area contributed by atoms with Gasteiger partial charge in [-0.2, -0.15) is 0 Å². The molecule has 296 valence electrons. The van der Waals surface area contributed by atoms with Crippen LogP contribution in [0.3, 0.4) is 0 Å². The largest absolute Gasteiger partial charge is 0.497 e. The number of carbonyl (C=O) groups is 2. The van der Waals surface area contributed by atoms with E-state index in [1.807, 2.05) is 77.7 Å². The third kappa shape index (κ3) is 5.96. The monoisotopic (exact) mass is 782 g/mol. The fourth-order valence-electron chi connectivity index (χ4n) is 12.3. The summed E-state index contributed by atoms with van der Waals surface area (Å²) in [5.41, 5.74) is 1.46. The van der Waals surface area contributed by atoms with Crippen molar-refractivity contribution in [3.63, 3.8) is 0 Å². The first kappa shape index (κ1) is 38.0. The van der Waals surface area contributed by atoms with Gasteiger partial charge in [-0.05, 0) is 115 Å². The van der Waals surface area contributed by atoms with E-state index in [9.17, 15) is 15.0 Å². The summed E-state index contributed by atoms with van der Waals surface area (Å²) in [6.07, 6.45) is 12.5. The number of benzene rings is 3. The summed E-state index contributed by atoms with van der Waals surface area (Å²) >= 11 is 1.68. The first-order valence-corrected chi connectivity index (χ1v) is 21.6. The molecule has 0 saturated heterocycles. The number of amides is 2. The molecule has 7 nitrogen and oxygen atoms in total. The summed E-state index contributed by atoms with van der Waals surface area (Å²) < 4.78 is 5.34. The maximum absolute atomic E-state index is 15.2. The summed E-state index contributed by atoms with van der Waals surface area (Å²) in [7, 11) is 1.62. The van der Waals surface area contributed by atoms with E-state index in [1.165, 1.54) is 4.88 Å². The predicted octanol–water partition coefficient (Wildman–Crippen LogP) is 9.97. The number of Topliss-reactive ketones (excluding diaryl/α,β-unsaturated/α-hetero) is 1. The molecule has 3 saturated carbocycles. The van der Waals surface area contributed by atoms with Crippen LogP contribution in [-0.2, 0) is 6.42 Å². The number of methoxy groups -OCH3 is 1. The molecule has 3 N–H and O–H groups in total. The number of hydrogen-bond donors (Lipinski definition) is 3. The van der Waals surface area contributed by atoms with Gasteiger partial charge in [-0.1, -0.05) is 92.7 Å². The van der Waals surface area contributed by atoms with E-state index in [4.69, 9.17) is 4.74 Å². The molecule has 1 unspecified atom stereocenters. The number of ether oxygens (including phenoxy) is 1. The number of aliphatic hydroxyl groups excluding tert-OH is 1. The third-order valence-corrected chi connectivity index (χ3v) is 16.4. The van der Waals surface area contributed by atoms with Crippen molar-refractivity contribution in [1.82, 2.24) is 4.90 Å². The van der Waals surface area contributed by atoms with Crippen molar-refractivity contribution < 1.29 is 24.5 Å². The molecule has 10 rings (SSSR count). The number of nitrogens with one attached hydrogen (secondary N) is 1. The lowest BCUT2D eigenvalue weighted by molar-refractivity contribution is -0.174. The van der Waals surface area contributed by atoms with Crippen LogP contribution in [0.2, 0.25) is 0 Å². The summed E-state index contributed by atoms with van der Waals surface area (Å²) in [4.78, 5) is 32.4. The number of anilines is 1. The summed E-state index contributed by atoms with van der Waals surface area (Å²) in [5, 5.41) is 29.5. The Bertz CT molecular complexity index is 2200. The standard InChI is InChI=1S/C49H54N2O5S/c1-45-23-19-37(52)30-47(45)26-27-49(40(31-47)43(53)35-13-11-34(12-14-35)33-8-5-4-6-9-33)41(45)20-24-46(2)42(49)21-25-48(46,55)32-51(28-22-39-10-7-29-57-39)44(54)50-36-15-17-38(56-3)18-16-36/h4-18,26-27,29,31,37,41-42,52,55H,19-25,28,30,32H2,1-3H3,(H,50,54)/t37?,41-,42-,45-,46+,47+,48-,49-/m1/s1. The van der Waals surface area contributed by atoms with Crippen molar-refractivity contribution in [3.05, 3.63) is 131 Å². The molecule has 6 aliphatic carbocycles. The fraction of sp³-hybridized carbons (Fsp3) is 0.429. The van der Waals surface area contributed by atoms with E-state index in [-0.39, 0.29) is 35.6 Å². The quantitative estimate of drug-likeness (QED) is 0.110. The Labute approximate surface area is 340 Å². The van der Waals surface area contributed by atoms with Gasteiger partial charge in [-0.25, -0.2) is 4.79 Å². The number of carbonyl (C=O) groups excluding carboxylic acids is 2. The zero-order chi connectivity index (χ0) is 39.6. The molecule has 0 radical (unpaired) electrons. The van der Waals surface area contributed by atoms with Gasteiger partial charge in [0, 0.05) is 44.5 Å². The maximum atomic E-state index is 15.2. The summed E-state index contributed by atoms with van der Waals surface area (Å²) in [6.45, 7) is 5.31. The number of ketones is 1. The molecule has 3 fully saturated rings. The van der Waals surface area contributed by atoms with Crippen LogP contribution in [0.25, 0.3) is 11.1 Å². The lowest BCUT2D eigenvalue weighted by Crippen LogP contribution is -2.67. The lowest BCUT2D eigenvalue weighted by Gasteiger charge is -2.71. The van der Waals surface area contributed by atoms with Gasteiger partial charge in [0.05, 0.1) is 25.4 Å². The Morgan fingerprint density at radius 1 is 0.842 bits per heavy atom. The lowest BCUT2D eigenvalue weighted by atomic mass is 9.32. The van der Waals surface area contributed by atoms with Gasteiger partial charge in [0.2, 0.25) is 0 Å². The molecular formula is C49H54N2O5S. The van der Waals surface area contributed by atoms with E-state index in [1.54, 1.807) is 18.4 Å². The molecular weight excluding hydrogens is 729 g/mol. The highest BCUT2D eigenvalue weighted by Crippen LogP contribution is 2.78. The van der Waals surface area contributed by atoms with Crippen LogP contribution >= 0.6 is 11.3 Å². The molecule has 8 atom stereocenters. The molecule has 1 aromatic heterocycles. The molecule has 2 amide bonds. The fourth-order valence-corrected chi connectivity index (χ4v) is 13.0. The van der Waals surface area contributed by atoms with E-state index < -0.39 is 27.9 Å². The molecule has 6 aliphatic rings. The Kier molecular flexibility index (Phi) is 9.41. The average Bonchev–Trinajstić information content (AvgIpc) is 3.85. The number of hydrogen-bond acceptors (Lipinski definition) is 6. The van der Waals surface area contributed by atoms with Gasteiger partial charge in [-0.3, -0.25) is 4.79 Å². The SMILES string of the molecule is COc1ccc(NC(=O)N(CCc2cccs2)C[C@]2(O)CC[C@H]3[C@]45C=C[C@@]6(C=C4C(=O)c4ccc(-c7ccccc7)cc4)CC(O)CC[C@]6(C)[C@H]5CC[C@@]32C)cc1. The minimum absolute atomic E-state index is 0.0189. The van der Waals surface area contributed by atoms with E-state index in [2.05, 4.69) is 61.0 Å². The van der Waals surface area contributed by atoms with Crippen molar-refractivity contribution in [2.45, 2.75) is 76.9 Å². The van der Waals surface area contributed by atoms with Crippen LogP contribution in [0, 0.1) is 33.5 Å². The van der Waals surface area contributed by atoms with E-state index in [0.717, 1.165) is 48.8 Å². The van der Waals surface area contributed by atoms with Crippen molar-refractivity contribution in [1.29, 1.82) is 0 Å². The predicted molar refractivity (Wildman–Crippen MR) is 226 cm³/mol. The number of aliphatic hydroxyl groups is 2. The van der Waals surface area contributed by atoms with Crippen molar-refractivity contribution in [2.24, 2.45) is 33.5 Å². The van der Waals surface area contributed by atoms with Crippen LogP contribution < -0.4 is 10.1 Å². The van der Waals surface area contributed by atoms with Gasteiger partial charge in [0.15, 0.2) is 5.78 Å². The number of urea groups is 1.